The summed E-state index contributed by atoms with van der Waals surface area (Å²) in [5, 5.41) is 10.0. The van der Waals surface area contributed by atoms with Crippen LogP contribution in [0.2, 0.25) is 0 Å². The normalized spacial score (nSPS) is 7.27. The third kappa shape index (κ3) is 3.73. The third-order valence-corrected chi connectivity index (χ3v) is 0.874. The fraction of sp³-hybridized carbons (Fsp3) is 0. The summed E-state index contributed by atoms with van der Waals surface area (Å²) < 4.78 is 0. The molecule has 11 heavy (non-hydrogen) atoms. The molecule has 2 N–H and O–H groups in total. The van der Waals surface area contributed by atoms with Gasteiger partial charge >= 0.3 is 17.4 Å². The molecule has 1 aromatic rings. The predicted molar refractivity (Wildman–Crippen MR) is 32.2 cm³/mol. The average molecular weight is 192 g/mol. The first-order chi connectivity index (χ1) is 4.30. The van der Waals surface area contributed by atoms with E-state index in [2.05, 4.69) is 4.98 Å². The van der Waals surface area contributed by atoms with Gasteiger partial charge < -0.3 is 15.4 Å². The fourth-order valence-corrected chi connectivity index (χ4v) is 0.484. The van der Waals surface area contributed by atoms with Gasteiger partial charge in [0.2, 0.25) is 0 Å². The molecule has 0 aromatic carbocycles. The molecule has 0 aliphatic heterocycles. The largest absolute Gasteiger partial charge is 3.00 e. The minimum Gasteiger partial charge on any atom is -0.543 e. The summed E-state index contributed by atoms with van der Waals surface area (Å²) in [5.74, 6) is -1.24. The predicted octanol–water partition coefficient (Wildman–Crippen LogP) is -1.38. The van der Waals surface area contributed by atoms with Gasteiger partial charge in [-0.2, -0.15) is 0 Å². The van der Waals surface area contributed by atoms with Gasteiger partial charge in [0.15, 0.2) is 0 Å². The number of aromatic nitrogens is 1. The number of nitrogens with zero attached hydrogens (tertiary/aromatic N) is 1. The number of pyridine rings is 1. The molecule has 0 spiro atoms. The monoisotopic (exact) mass is 192 g/mol. The molecule has 5 heteroatoms. The molecule has 1 radical (unpaired) electrons. The standard InChI is InChI=1S/C6H5NO2.Cr.H2O/c8-6(9)5-3-1-2-4-7-5;;/h1-4H,(H,8,9);;1H2/q;+3;/p-1. The van der Waals surface area contributed by atoms with Crippen molar-refractivity contribution >= 4 is 5.97 Å². The van der Waals surface area contributed by atoms with Crippen molar-refractivity contribution in [3.8, 4) is 0 Å². The summed E-state index contributed by atoms with van der Waals surface area (Å²) in [6, 6.07) is 4.62. The number of hydrogen-bond acceptors (Lipinski definition) is 3. The molecule has 0 saturated heterocycles. The van der Waals surface area contributed by atoms with E-state index < -0.39 is 5.97 Å². The Morgan fingerprint density at radius 2 is 2.09 bits per heavy atom. The Bertz CT molecular complexity index is 214. The first-order valence-electron chi connectivity index (χ1n) is 2.43. The van der Waals surface area contributed by atoms with E-state index in [1.165, 1.54) is 12.3 Å². The van der Waals surface area contributed by atoms with Crippen LogP contribution in [-0.4, -0.2) is 16.4 Å². The van der Waals surface area contributed by atoms with E-state index in [1.54, 1.807) is 12.1 Å². The van der Waals surface area contributed by atoms with Crippen LogP contribution in [0, 0.1) is 0 Å². The zero-order chi connectivity index (χ0) is 6.69. The topological polar surface area (TPSA) is 84.5 Å². The summed E-state index contributed by atoms with van der Waals surface area (Å²) in [7, 11) is 0. The van der Waals surface area contributed by atoms with E-state index in [0.717, 1.165) is 0 Å². The van der Waals surface area contributed by atoms with E-state index >= 15 is 0 Å². The smallest absolute Gasteiger partial charge is 0.543 e. The molecule has 1 heterocycles. The number of carboxylic acid groups (broad SMARTS) is 1. The summed E-state index contributed by atoms with van der Waals surface area (Å²) in [6.45, 7) is 0. The molecule has 0 aliphatic rings. The van der Waals surface area contributed by atoms with Crippen molar-refractivity contribution in [3.63, 3.8) is 0 Å². The molecule has 4 nitrogen and oxygen atoms in total. The minimum absolute atomic E-state index is 0. The van der Waals surface area contributed by atoms with Crippen molar-refractivity contribution in [1.29, 1.82) is 0 Å². The van der Waals surface area contributed by atoms with E-state index in [9.17, 15) is 9.90 Å². The molecule has 0 aliphatic carbocycles. The molecular formula is C6H6CrNO3+2. The maximum atomic E-state index is 10.0. The Balaban J connectivity index is 0. The average Bonchev–Trinajstić information content (AvgIpc) is 1.90. The molecule has 0 amide bonds. The first-order valence-corrected chi connectivity index (χ1v) is 2.43. The van der Waals surface area contributed by atoms with Crippen LogP contribution in [0.3, 0.4) is 0 Å². The first kappa shape index (κ1) is 12.8. The number of carboxylic acids is 1. The summed E-state index contributed by atoms with van der Waals surface area (Å²) in [5.41, 5.74) is -0.0301. The molecule has 0 unspecified atom stereocenters. The van der Waals surface area contributed by atoms with Crippen LogP contribution in [0.15, 0.2) is 24.4 Å². The SMILES string of the molecule is O.O=C([O-])c1ccccn1.[Cr+3]. The van der Waals surface area contributed by atoms with Gasteiger partial charge in [-0.05, 0) is 12.1 Å². The molecule has 57 valence electrons. The second-order valence-electron chi connectivity index (χ2n) is 1.50. The van der Waals surface area contributed by atoms with Gasteiger partial charge in [0.25, 0.3) is 0 Å². The molecule has 1 aromatic heterocycles. The zero-order valence-corrected chi connectivity index (χ0v) is 6.76. The molecular weight excluding hydrogens is 186 g/mol. The molecule has 0 saturated carbocycles. The molecule has 1 rings (SSSR count). The van der Waals surface area contributed by atoms with Gasteiger partial charge in [-0.1, -0.05) is 6.07 Å². The Morgan fingerprint density at radius 3 is 2.36 bits per heavy atom. The van der Waals surface area contributed by atoms with Crippen molar-refractivity contribution in [3.05, 3.63) is 30.1 Å². The number of carbonyl (C=O) groups excluding carboxylic acids is 1. The second-order valence-corrected chi connectivity index (χ2v) is 1.50. The maximum absolute atomic E-state index is 10.0. The Labute approximate surface area is 74.3 Å². The van der Waals surface area contributed by atoms with Crippen molar-refractivity contribution in [2.75, 3.05) is 0 Å². The fourth-order valence-electron chi connectivity index (χ4n) is 0.484. The van der Waals surface area contributed by atoms with Crippen LogP contribution in [-0.2, 0) is 17.4 Å². The van der Waals surface area contributed by atoms with Crippen LogP contribution in [0.5, 0.6) is 0 Å². The Morgan fingerprint density at radius 1 is 1.45 bits per heavy atom. The maximum Gasteiger partial charge on any atom is 3.00 e. The molecule has 0 fully saturated rings. The van der Waals surface area contributed by atoms with Crippen LogP contribution in [0.1, 0.15) is 10.5 Å². The number of carbonyl (C=O) groups is 1. The van der Waals surface area contributed by atoms with E-state index in [4.69, 9.17) is 0 Å². The quantitative estimate of drug-likeness (QED) is 0.549. The number of aromatic carboxylic acids is 1. The van der Waals surface area contributed by atoms with E-state index in [-0.39, 0.29) is 28.5 Å². The summed E-state index contributed by atoms with van der Waals surface area (Å²) in [6.07, 6.45) is 1.41. The zero-order valence-electron chi connectivity index (χ0n) is 5.48. The van der Waals surface area contributed by atoms with E-state index in [0.29, 0.717) is 0 Å². The van der Waals surface area contributed by atoms with Crippen molar-refractivity contribution in [1.82, 2.24) is 4.98 Å². The van der Waals surface area contributed by atoms with Gasteiger partial charge in [0, 0.05) is 6.20 Å². The number of rotatable bonds is 1. The van der Waals surface area contributed by atoms with Gasteiger partial charge in [-0.3, -0.25) is 4.98 Å². The van der Waals surface area contributed by atoms with Crippen molar-refractivity contribution in [2.24, 2.45) is 0 Å². The Hall–Kier alpha value is -0.888. The van der Waals surface area contributed by atoms with Crippen LogP contribution >= 0.6 is 0 Å². The van der Waals surface area contributed by atoms with Crippen molar-refractivity contribution < 1.29 is 32.7 Å². The summed E-state index contributed by atoms with van der Waals surface area (Å²) in [4.78, 5) is 13.5. The van der Waals surface area contributed by atoms with Gasteiger partial charge in [-0.15, -0.1) is 0 Å². The van der Waals surface area contributed by atoms with Crippen LogP contribution in [0.4, 0.5) is 0 Å². The van der Waals surface area contributed by atoms with Crippen LogP contribution in [0.25, 0.3) is 0 Å². The Kier molecular flexibility index (Phi) is 6.80. The minimum atomic E-state index is -1.24. The van der Waals surface area contributed by atoms with E-state index in [1.807, 2.05) is 0 Å². The second kappa shape index (κ2) is 5.86. The summed E-state index contributed by atoms with van der Waals surface area (Å²) >= 11 is 0. The van der Waals surface area contributed by atoms with Crippen molar-refractivity contribution in [2.45, 2.75) is 0 Å². The van der Waals surface area contributed by atoms with Gasteiger partial charge in [0.05, 0.1) is 11.7 Å². The third-order valence-electron chi connectivity index (χ3n) is 0.874. The van der Waals surface area contributed by atoms with Gasteiger partial charge in [-0.25, -0.2) is 0 Å². The molecule has 0 atom stereocenters. The number of hydrogen-bond donors (Lipinski definition) is 0. The van der Waals surface area contributed by atoms with Gasteiger partial charge in [0.1, 0.15) is 0 Å². The van der Waals surface area contributed by atoms with Crippen LogP contribution < -0.4 is 5.11 Å². The molecule has 0 bridgehead atoms.